The van der Waals surface area contributed by atoms with Crippen molar-refractivity contribution in [3.63, 3.8) is 0 Å². The Morgan fingerprint density at radius 2 is 2.08 bits per heavy atom. The molecule has 1 rings (SSSR count). The molecule has 0 aliphatic heterocycles. The molecule has 0 saturated carbocycles. The second kappa shape index (κ2) is 3.90. The summed E-state index contributed by atoms with van der Waals surface area (Å²) >= 11 is 5.85. The van der Waals surface area contributed by atoms with E-state index in [1.165, 1.54) is 5.56 Å². The zero-order valence-corrected chi connectivity index (χ0v) is 7.94. The molecule has 0 radical (unpaired) electrons. The lowest BCUT2D eigenvalue weighted by atomic mass is 10.0. The Morgan fingerprint density at radius 1 is 1.42 bits per heavy atom. The van der Waals surface area contributed by atoms with Crippen LogP contribution in [-0.4, -0.2) is 5.21 Å². The van der Waals surface area contributed by atoms with Gasteiger partial charge in [0, 0.05) is 11.6 Å². The number of benzene rings is 1. The fourth-order valence-electron chi connectivity index (χ4n) is 1.15. The van der Waals surface area contributed by atoms with E-state index >= 15 is 0 Å². The van der Waals surface area contributed by atoms with Gasteiger partial charge in [0.1, 0.15) is 0 Å². The van der Waals surface area contributed by atoms with Gasteiger partial charge < -0.3 is 5.21 Å². The molecular weight excluding hydrogens is 174 g/mol. The van der Waals surface area contributed by atoms with Crippen molar-refractivity contribution >= 4 is 11.6 Å². The maximum Gasteiger partial charge on any atom is 0.0461 e. The Kier molecular flexibility index (Phi) is 3.09. The van der Waals surface area contributed by atoms with Crippen LogP contribution in [-0.2, 0) is 6.54 Å². The molecule has 0 spiro atoms. The highest BCUT2D eigenvalue weighted by atomic mass is 35.5. The van der Waals surface area contributed by atoms with Crippen LogP contribution in [0, 0.1) is 13.8 Å². The predicted octanol–water partition coefficient (Wildman–Crippen LogP) is 2.44. The van der Waals surface area contributed by atoms with Gasteiger partial charge in [-0.15, -0.1) is 0 Å². The average molecular weight is 186 g/mol. The monoisotopic (exact) mass is 185 g/mol. The third-order valence-corrected chi connectivity index (χ3v) is 2.23. The van der Waals surface area contributed by atoms with Gasteiger partial charge in [-0.25, -0.2) is 5.48 Å². The van der Waals surface area contributed by atoms with Gasteiger partial charge in [0.05, 0.1) is 0 Å². The van der Waals surface area contributed by atoms with Gasteiger partial charge in [0.2, 0.25) is 0 Å². The van der Waals surface area contributed by atoms with E-state index in [9.17, 15) is 0 Å². The quantitative estimate of drug-likeness (QED) is 0.694. The van der Waals surface area contributed by atoms with E-state index in [1.807, 2.05) is 26.0 Å². The smallest absolute Gasteiger partial charge is 0.0461 e. The van der Waals surface area contributed by atoms with Crippen molar-refractivity contribution in [1.29, 1.82) is 0 Å². The van der Waals surface area contributed by atoms with Crippen molar-refractivity contribution in [2.75, 3.05) is 0 Å². The summed E-state index contributed by atoms with van der Waals surface area (Å²) in [7, 11) is 0. The maximum atomic E-state index is 8.53. The van der Waals surface area contributed by atoms with E-state index in [1.54, 1.807) is 0 Å². The minimum absolute atomic E-state index is 0.438. The first kappa shape index (κ1) is 9.52. The van der Waals surface area contributed by atoms with Gasteiger partial charge >= 0.3 is 0 Å². The third-order valence-electron chi connectivity index (χ3n) is 2.01. The molecule has 12 heavy (non-hydrogen) atoms. The number of hydrogen-bond donors (Lipinski definition) is 2. The summed E-state index contributed by atoms with van der Waals surface area (Å²) in [6, 6.07) is 3.77. The van der Waals surface area contributed by atoms with E-state index < -0.39 is 0 Å². The van der Waals surface area contributed by atoms with Crippen LogP contribution < -0.4 is 5.48 Å². The SMILES string of the molecule is Cc1cc(Cl)cc(CNO)c1C. The molecule has 0 aromatic heterocycles. The summed E-state index contributed by atoms with van der Waals surface area (Å²) < 4.78 is 0. The molecule has 1 aromatic rings. The van der Waals surface area contributed by atoms with Crippen molar-refractivity contribution in [1.82, 2.24) is 5.48 Å². The molecule has 3 heteroatoms. The van der Waals surface area contributed by atoms with E-state index in [4.69, 9.17) is 16.8 Å². The van der Waals surface area contributed by atoms with Gasteiger partial charge in [0.15, 0.2) is 0 Å². The fraction of sp³-hybridized carbons (Fsp3) is 0.333. The second-order valence-electron chi connectivity index (χ2n) is 2.84. The topological polar surface area (TPSA) is 32.3 Å². The molecular formula is C9H12ClNO. The fourth-order valence-corrected chi connectivity index (χ4v) is 1.45. The first-order chi connectivity index (χ1) is 5.65. The Labute approximate surface area is 77.1 Å². The first-order valence-corrected chi connectivity index (χ1v) is 4.15. The molecule has 0 amide bonds. The molecule has 0 unspecified atom stereocenters. The number of aryl methyl sites for hydroxylation is 1. The van der Waals surface area contributed by atoms with Gasteiger partial charge in [-0.1, -0.05) is 11.6 Å². The van der Waals surface area contributed by atoms with Gasteiger partial charge in [-0.2, -0.15) is 0 Å². The van der Waals surface area contributed by atoms with Crippen LogP contribution in [0.3, 0.4) is 0 Å². The highest BCUT2D eigenvalue weighted by Gasteiger charge is 2.02. The molecule has 1 aromatic carbocycles. The molecule has 0 atom stereocenters. The number of hydroxylamine groups is 1. The number of halogens is 1. The number of nitrogens with one attached hydrogen (secondary N) is 1. The van der Waals surface area contributed by atoms with Crippen LogP contribution in [0.1, 0.15) is 16.7 Å². The van der Waals surface area contributed by atoms with Crippen LogP contribution in [0.4, 0.5) is 0 Å². The van der Waals surface area contributed by atoms with Crippen LogP contribution in [0.5, 0.6) is 0 Å². The van der Waals surface area contributed by atoms with Crippen molar-refractivity contribution in [3.8, 4) is 0 Å². The Morgan fingerprint density at radius 3 is 2.67 bits per heavy atom. The second-order valence-corrected chi connectivity index (χ2v) is 3.28. The minimum atomic E-state index is 0.438. The molecule has 0 bridgehead atoms. The Hall–Kier alpha value is -0.570. The Bertz CT molecular complexity index is 286. The van der Waals surface area contributed by atoms with Crippen molar-refractivity contribution < 1.29 is 5.21 Å². The normalized spacial score (nSPS) is 10.3. The molecule has 0 aliphatic rings. The first-order valence-electron chi connectivity index (χ1n) is 3.77. The molecule has 0 fully saturated rings. The molecule has 0 heterocycles. The summed E-state index contributed by atoms with van der Waals surface area (Å²) in [6.45, 7) is 4.45. The lowest BCUT2D eigenvalue weighted by Crippen LogP contribution is -2.08. The van der Waals surface area contributed by atoms with Crippen molar-refractivity contribution in [2.24, 2.45) is 0 Å². The number of hydrogen-bond acceptors (Lipinski definition) is 2. The molecule has 0 aliphatic carbocycles. The summed E-state index contributed by atoms with van der Waals surface area (Å²) in [6.07, 6.45) is 0. The largest absolute Gasteiger partial charge is 0.316 e. The van der Waals surface area contributed by atoms with Crippen molar-refractivity contribution in [3.05, 3.63) is 33.8 Å². The van der Waals surface area contributed by atoms with E-state index in [-0.39, 0.29) is 0 Å². The van der Waals surface area contributed by atoms with Crippen LogP contribution >= 0.6 is 11.6 Å². The standard InChI is InChI=1S/C9H12ClNO/c1-6-3-9(10)4-8(5-11-12)7(6)2/h3-4,11-12H,5H2,1-2H3. The highest BCUT2D eigenvalue weighted by Crippen LogP contribution is 2.19. The lowest BCUT2D eigenvalue weighted by Gasteiger charge is -2.08. The number of rotatable bonds is 2. The predicted molar refractivity (Wildman–Crippen MR) is 49.6 cm³/mol. The van der Waals surface area contributed by atoms with Crippen molar-refractivity contribution in [2.45, 2.75) is 20.4 Å². The van der Waals surface area contributed by atoms with Gasteiger partial charge in [-0.3, -0.25) is 0 Å². The van der Waals surface area contributed by atoms with Gasteiger partial charge in [-0.05, 0) is 42.7 Å². The van der Waals surface area contributed by atoms with Crippen LogP contribution in [0.15, 0.2) is 12.1 Å². The average Bonchev–Trinajstić information content (AvgIpc) is 2.00. The highest BCUT2D eigenvalue weighted by molar-refractivity contribution is 6.30. The van der Waals surface area contributed by atoms with E-state index in [0.29, 0.717) is 11.6 Å². The summed E-state index contributed by atoms with van der Waals surface area (Å²) in [5, 5.41) is 9.24. The Balaban J connectivity index is 3.09. The van der Waals surface area contributed by atoms with Crippen LogP contribution in [0.2, 0.25) is 5.02 Å². The lowest BCUT2D eigenvalue weighted by molar-refractivity contribution is 0.161. The molecule has 0 saturated heterocycles. The maximum absolute atomic E-state index is 8.53. The van der Waals surface area contributed by atoms with Gasteiger partial charge in [0.25, 0.3) is 0 Å². The molecule has 2 nitrogen and oxygen atoms in total. The van der Waals surface area contributed by atoms with E-state index in [2.05, 4.69) is 5.48 Å². The van der Waals surface area contributed by atoms with Crippen LogP contribution in [0.25, 0.3) is 0 Å². The third kappa shape index (κ3) is 1.97. The summed E-state index contributed by atoms with van der Waals surface area (Å²) in [4.78, 5) is 0. The molecule has 66 valence electrons. The van der Waals surface area contributed by atoms with E-state index in [0.717, 1.165) is 11.1 Å². The molecule has 2 N–H and O–H groups in total. The minimum Gasteiger partial charge on any atom is -0.316 e. The summed E-state index contributed by atoms with van der Waals surface area (Å²) in [5.41, 5.74) is 5.46. The zero-order chi connectivity index (χ0) is 9.14. The zero-order valence-electron chi connectivity index (χ0n) is 7.19. The summed E-state index contributed by atoms with van der Waals surface area (Å²) in [5.74, 6) is 0.